The van der Waals surface area contributed by atoms with Crippen LogP contribution in [0, 0.1) is 11.5 Å². The summed E-state index contributed by atoms with van der Waals surface area (Å²) in [5, 5.41) is 0. The van der Waals surface area contributed by atoms with E-state index in [1.165, 1.54) is 39.5 Å². The first-order valence-corrected chi connectivity index (χ1v) is 15.3. The zero-order valence-electron chi connectivity index (χ0n) is 22.3. The third kappa shape index (κ3) is 5.73. The van der Waals surface area contributed by atoms with Gasteiger partial charge in [0.05, 0.1) is 21.3 Å². The van der Waals surface area contributed by atoms with Crippen molar-refractivity contribution in [3.8, 4) is 45.8 Å². The fourth-order valence-corrected chi connectivity index (χ4v) is 4.12. The normalized spacial score (nSPS) is 10.9. The van der Waals surface area contributed by atoms with E-state index in [0.29, 0.717) is 11.3 Å². The molecule has 39 heavy (non-hydrogen) atoms. The zero-order valence-corrected chi connectivity index (χ0v) is 23.3. The van der Waals surface area contributed by atoms with E-state index in [0.717, 1.165) is 0 Å². The van der Waals surface area contributed by atoms with Gasteiger partial charge in [0.15, 0.2) is 28.8 Å². The molecular weight excluding hydrogens is 520 g/mol. The van der Waals surface area contributed by atoms with Gasteiger partial charge in [0.2, 0.25) is 0 Å². The molecule has 0 saturated heterocycles. The largest absolute Gasteiger partial charge is 0.465 e. The second-order valence-corrected chi connectivity index (χ2v) is 14.2. The molecule has 9 nitrogen and oxygen atoms in total. The fraction of sp³-hybridized carbons (Fsp3) is 0.207. The number of benzene rings is 1. The van der Waals surface area contributed by atoms with E-state index in [-0.39, 0.29) is 45.5 Å². The lowest BCUT2D eigenvalue weighted by molar-refractivity contribution is 0.0591. The van der Waals surface area contributed by atoms with E-state index in [2.05, 4.69) is 11.5 Å². The third-order valence-electron chi connectivity index (χ3n) is 5.47. The molecule has 10 heteroatoms. The maximum atomic E-state index is 12.7. The van der Waals surface area contributed by atoms with Gasteiger partial charge in [0.1, 0.15) is 30.5 Å². The Morgan fingerprint density at radius 1 is 0.667 bits per heavy atom. The van der Waals surface area contributed by atoms with Crippen LogP contribution in [0.1, 0.15) is 36.8 Å². The SMILES string of the molecule is COC(=O)c1cc(-c2oc(-c3oc(-c4ccccc4)cc3C(=O)OC)cc2C(=O)OC)oc1C#C[Si](C)(C)C. The standard InChI is InChI=1S/C29H26O9Si/c1-33-27(30)18-14-23(36-21(18)12-13-39(4,5)6)25-20(29(32)35-3)16-24(38-25)26-19(28(31)34-2)15-22(37-26)17-10-8-7-9-11-17/h7-11,14-16H,1-6H3. The van der Waals surface area contributed by atoms with Gasteiger partial charge in [-0.3, -0.25) is 0 Å². The Labute approximate surface area is 225 Å². The Kier molecular flexibility index (Phi) is 7.65. The van der Waals surface area contributed by atoms with Crippen LogP contribution < -0.4 is 0 Å². The molecule has 0 saturated carbocycles. The summed E-state index contributed by atoms with van der Waals surface area (Å²) in [6, 6.07) is 13.4. The fourth-order valence-electron chi connectivity index (χ4n) is 3.63. The molecule has 200 valence electrons. The maximum Gasteiger partial charge on any atom is 0.342 e. The average Bonchev–Trinajstić information content (AvgIpc) is 3.67. The molecule has 3 heterocycles. The van der Waals surface area contributed by atoms with Crippen LogP contribution in [-0.2, 0) is 14.2 Å². The lowest BCUT2D eigenvalue weighted by Crippen LogP contribution is -2.16. The number of carbonyl (C=O) groups excluding carboxylic acids is 3. The van der Waals surface area contributed by atoms with Gasteiger partial charge in [-0.15, -0.1) is 5.54 Å². The quantitative estimate of drug-likeness (QED) is 0.123. The van der Waals surface area contributed by atoms with Crippen molar-refractivity contribution in [3.63, 3.8) is 0 Å². The van der Waals surface area contributed by atoms with Crippen LogP contribution in [0.25, 0.3) is 34.4 Å². The minimum atomic E-state index is -1.83. The number of carbonyl (C=O) groups is 3. The number of rotatable bonds is 6. The van der Waals surface area contributed by atoms with E-state index in [1.54, 1.807) is 0 Å². The van der Waals surface area contributed by atoms with Crippen LogP contribution in [0.3, 0.4) is 0 Å². The Balaban J connectivity index is 1.91. The molecule has 0 N–H and O–H groups in total. The van der Waals surface area contributed by atoms with Gasteiger partial charge < -0.3 is 27.5 Å². The molecule has 0 bridgehead atoms. The highest BCUT2D eigenvalue weighted by Gasteiger charge is 2.30. The molecule has 0 spiro atoms. The van der Waals surface area contributed by atoms with Crippen molar-refractivity contribution in [2.75, 3.05) is 21.3 Å². The van der Waals surface area contributed by atoms with Gasteiger partial charge in [-0.2, -0.15) is 0 Å². The topological polar surface area (TPSA) is 118 Å². The van der Waals surface area contributed by atoms with Gasteiger partial charge in [-0.1, -0.05) is 50.0 Å². The zero-order chi connectivity index (χ0) is 28.3. The number of hydrogen-bond acceptors (Lipinski definition) is 9. The third-order valence-corrected chi connectivity index (χ3v) is 6.34. The molecule has 4 aromatic rings. The smallest absolute Gasteiger partial charge is 0.342 e. The van der Waals surface area contributed by atoms with Crippen molar-refractivity contribution in [1.29, 1.82) is 0 Å². The minimum Gasteiger partial charge on any atom is -0.465 e. The van der Waals surface area contributed by atoms with E-state index in [9.17, 15) is 14.4 Å². The Bertz CT molecular complexity index is 1600. The summed E-state index contributed by atoms with van der Waals surface area (Å²) in [5.41, 5.74) is 4.01. The van der Waals surface area contributed by atoms with Crippen LogP contribution in [0.2, 0.25) is 19.6 Å². The predicted molar refractivity (Wildman–Crippen MR) is 144 cm³/mol. The lowest BCUT2D eigenvalue weighted by atomic mass is 10.1. The molecule has 4 rings (SSSR count). The molecule has 0 atom stereocenters. The Morgan fingerprint density at radius 2 is 1.13 bits per heavy atom. The molecule has 0 fully saturated rings. The second-order valence-electron chi connectivity index (χ2n) is 9.40. The highest BCUT2D eigenvalue weighted by atomic mass is 28.3. The van der Waals surface area contributed by atoms with Crippen LogP contribution in [0.15, 0.2) is 61.8 Å². The molecule has 1 aromatic carbocycles. The predicted octanol–water partition coefficient (Wildman–Crippen LogP) is 6.06. The van der Waals surface area contributed by atoms with E-state index in [4.69, 9.17) is 27.5 Å². The number of esters is 3. The summed E-state index contributed by atoms with van der Waals surface area (Å²) in [6.07, 6.45) is 0. The monoisotopic (exact) mass is 546 g/mol. The summed E-state index contributed by atoms with van der Waals surface area (Å²) < 4.78 is 32.7. The maximum absolute atomic E-state index is 12.7. The van der Waals surface area contributed by atoms with Crippen LogP contribution in [0.4, 0.5) is 0 Å². The van der Waals surface area contributed by atoms with Gasteiger partial charge in [0, 0.05) is 17.7 Å². The van der Waals surface area contributed by atoms with Gasteiger partial charge >= 0.3 is 17.9 Å². The summed E-state index contributed by atoms with van der Waals surface area (Å²) in [7, 11) is 1.87. The Hall–Kier alpha value is -4.75. The number of hydrogen-bond donors (Lipinski definition) is 0. The molecule has 0 aliphatic carbocycles. The van der Waals surface area contributed by atoms with Gasteiger partial charge in [-0.25, -0.2) is 14.4 Å². The average molecular weight is 547 g/mol. The van der Waals surface area contributed by atoms with Crippen LogP contribution in [0.5, 0.6) is 0 Å². The molecule has 0 amide bonds. The molecule has 0 aliphatic rings. The molecule has 0 aliphatic heterocycles. The lowest BCUT2D eigenvalue weighted by Gasteiger charge is -2.03. The highest BCUT2D eigenvalue weighted by molar-refractivity contribution is 6.83. The van der Waals surface area contributed by atoms with Crippen molar-refractivity contribution < 1.29 is 41.8 Å². The van der Waals surface area contributed by atoms with Gasteiger partial charge in [0.25, 0.3) is 0 Å². The highest BCUT2D eigenvalue weighted by Crippen LogP contribution is 2.39. The Morgan fingerprint density at radius 3 is 1.67 bits per heavy atom. The van der Waals surface area contributed by atoms with E-state index in [1.807, 2.05) is 50.0 Å². The first kappa shape index (κ1) is 27.3. The van der Waals surface area contributed by atoms with Crippen molar-refractivity contribution in [2.45, 2.75) is 19.6 Å². The first-order valence-electron chi connectivity index (χ1n) is 11.8. The number of methoxy groups -OCH3 is 3. The minimum absolute atomic E-state index is 0.0177. The summed E-state index contributed by atoms with van der Waals surface area (Å²) in [4.78, 5) is 37.8. The molecular formula is C29H26O9Si. The van der Waals surface area contributed by atoms with E-state index >= 15 is 0 Å². The van der Waals surface area contributed by atoms with Crippen molar-refractivity contribution in [1.82, 2.24) is 0 Å². The molecule has 0 unspecified atom stereocenters. The van der Waals surface area contributed by atoms with E-state index < -0.39 is 26.0 Å². The summed E-state index contributed by atoms with van der Waals surface area (Å²) >= 11 is 0. The second kappa shape index (κ2) is 10.9. The van der Waals surface area contributed by atoms with Crippen molar-refractivity contribution in [2.24, 2.45) is 0 Å². The molecule has 3 aromatic heterocycles. The number of ether oxygens (including phenoxy) is 3. The molecule has 0 radical (unpaired) electrons. The van der Waals surface area contributed by atoms with Crippen molar-refractivity contribution in [3.05, 3.63) is 71.0 Å². The number of furan rings is 3. The van der Waals surface area contributed by atoms with Crippen molar-refractivity contribution >= 4 is 26.0 Å². The summed E-state index contributed by atoms with van der Waals surface area (Å²) in [6.45, 7) is 6.13. The first-order chi connectivity index (χ1) is 18.6. The van der Waals surface area contributed by atoms with Crippen LogP contribution >= 0.6 is 0 Å². The van der Waals surface area contributed by atoms with Crippen LogP contribution in [-0.4, -0.2) is 47.3 Å². The van der Waals surface area contributed by atoms with Gasteiger partial charge in [-0.05, 0) is 12.0 Å². The summed E-state index contributed by atoms with van der Waals surface area (Å²) in [5.74, 6) is 1.39.